The van der Waals surface area contributed by atoms with Gasteiger partial charge in [0.15, 0.2) is 0 Å². The molecule has 0 saturated carbocycles. The summed E-state index contributed by atoms with van der Waals surface area (Å²) in [6.45, 7) is 9.53. The van der Waals surface area contributed by atoms with E-state index in [1.54, 1.807) is 0 Å². The molecule has 1 saturated heterocycles. The number of pyridine rings is 1. The number of nitrogen functional groups attached to an aromatic ring is 1. The minimum atomic E-state index is 0.116. The average molecular weight is 260 g/mol. The van der Waals surface area contributed by atoms with E-state index in [0.717, 1.165) is 29.2 Å². The SMILES string of the molecule is Cc1cc(C)c(C(=N)N)c(N2CCCC(C)C2C)n1. The molecule has 1 aromatic heterocycles. The van der Waals surface area contributed by atoms with Gasteiger partial charge in [0.25, 0.3) is 0 Å². The lowest BCUT2D eigenvalue weighted by atomic mass is 9.91. The molecular formula is C15H24N4. The van der Waals surface area contributed by atoms with Gasteiger partial charge in [0.05, 0.1) is 5.56 Å². The molecule has 4 nitrogen and oxygen atoms in total. The summed E-state index contributed by atoms with van der Waals surface area (Å²) >= 11 is 0. The van der Waals surface area contributed by atoms with Crippen LogP contribution in [-0.4, -0.2) is 23.4 Å². The summed E-state index contributed by atoms with van der Waals surface area (Å²) in [5.41, 5.74) is 8.60. The van der Waals surface area contributed by atoms with E-state index in [-0.39, 0.29) is 5.84 Å². The number of hydrogen-bond acceptors (Lipinski definition) is 3. The molecule has 2 heterocycles. The number of nitrogens with zero attached hydrogens (tertiary/aromatic N) is 2. The van der Waals surface area contributed by atoms with Crippen molar-refractivity contribution in [1.29, 1.82) is 5.41 Å². The van der Waals surface area contributed by atoms with Crippen LogP contribution < -0.4 is 10.6 Å². The van der Waals surface area contributed by atoms with E-state index < -0.39 is 0 Å². The van der Waals surface area contributed by atoms with Crippen molar-refractivity contribution in [1.82, 2.24) is 4.98 Å². The Hall–Kier alpha value is -1.58. The molecule has 1 aliphatic heterocycles. The van der Waals surface area contributed by atoms with Gasteiger partial charge in [-0.1, -0.05) is 6.92 Å². The zero-order valence-corrected chi connectivity index (χ0v) is 12.3. The largest absolute Gasteiger partial charge is 0.384 e. The molecule has 0 aromatic carbocycles. The maximum atomic E-state index is 7.83. The summed E-state index contributed by atoms with van der Waals surface area (Å²) in [5.74, 6) is 1.66. The molecular weight excluding hydrogens is 236 g/mol. The number of nitrogens with two attached hydrogens (primary N) is 1. The van der Waals surface area contributed by atoms with Crippen LogP contribution in [0.25, 0.3) is 0 Å². The molecule has 0 spiro atoms. The summed E-state index contributed by atoms with van der Waals surface area (Å²) in [4.78, 5) is 6.99. The zero-order chi connectivity index (χ0) is 14.2. The Kier molecular flexibility index (Phi) is 3.78. The Labute approximate surface area is 115 Å². The maximum absolute atomic E-state index is 7.83. The quantitative estimate of drug-likeness (QED) is 0.634. The molecule has 0 amide bonds. The summed E-state index contributed by atoms with van der Waals surface area (Å²) in [5, 5.41) is 7.83. The monoisotopic (exact) mass is 260 g/mol. The van der Waals surface area contributed by atoms with Gasteiger partial charge < -0.3 is 10.6 Å². The van der Waals surface area contributed by atoms with Crippen LogP contribution in [0.4, 0.5) is 5.82 Å². The number of rotatable bonds is 2. The van der Waals surface area contributed by atoms with Gasteiger partial charge in [-0.05, 0) is 51.2 Å². The molecule has 19 heavy (non-hydrogen) atoms. The van der Waals surface area contributed by atoms with Crippen molar-refractivity contribution in [3.05, 3.63) is 22.9 Å². The number of anilines is 1. The van der Waals surface area contributed by atoms with Crippen LogP contribution in [0.15, 0.2) is 6.07 Å². The lowest BCUT2D eigenvalue weighted by molar-refractivity contribution is 0.361. The fourth-order valence-electron chi connectivity index (χ4n) is 2.99. The van der Waals surface area contributed by atoms with Gasteiger partial charge in [0.2, 0.25) is 0 Å². The molecule has 0 radical (unpaired) electrons. The molecule has 2 rings (SSSR count). The zero-order valence-electron chi connectivity index (χ0n) is 12.3. The number of amidine groups is 1. The van der Waals surface area contributed by atoms with E-state index in [4.69, 9.17) is 11.1 Å². The molecule has 3 N–H and O–H groups in total. The normalized spacial score (nSPS) is 23.5. The van der Waals surface area contributed by atoms with E-state index in [9.17, 15) is 0 Å². The van der Waals surface area contributed by atoms with Crippen molar-refractivity contribution in [2.45, 2.75) is 46.6 Å². The van der Waals surface area contributed by atoms with E-state index in [1.807, 2.05) is 19.9 Å². The highest BCUT2D eigenvalue weighted by molar-refractivity contribution is 6.01. The first-order chi connectivity index (χ1) is 8.91. The highest BCUT2D eigenvalue weighted by Crippen LogP contribution is 2.30. The van der Waals surface area contributed by atoms with E-state index in [0.29, 0.717) is 12.0 Å². The van der Waals surface area contributed by atoms with Crippen molar-refractivity contribution in [3.8, 4) is 0 Å². The van der Waals surface area contributed by atoms with Crippen molar-refractivity contribution in [3.63, 3.8) is 0 Å². The van der Waals surface area contributed by atoms with E-state index >= 15 is 0 Å². The van der Waals surface area contributed by atoms with Crippen LogP contribution in [0.3, 0.4) is 0 Å². The fourth-order valence-corrected chi connectivity index (χ4v) is 2.99. The lowest BCUT2D eigenvalue weighted by Gasteiger charge is -2.40. The molecule has 4 heteroatoms. The van der Waals surface area contributed by atoms with Gasteiger partial charge in [-0.25, -0.2) is 4.98 Å². The number of hydrogen-bond donors (Lipinski definition) is 2. The van der Waals surface area contributed by atoms with Gasteiger partial charge in [0, 0.05) is 18.3 Å². The Bertz CT molecular complexity index is 495. The van der Waals surface area contributed by atoms with Crippen molar-refractivity contribution < 1.29 is 0 Å². The smallest absolute Gasteiger partial charge is 0.140 e. The lowest BCUT2D eigenvalue weighted by Crippen LogP contribution is -2.44. The Morgan fingerprint density at radius 1 is 1.42 bits per heavy atom. The van der Waals surface area contributed by atoms with Crippen LogP contribution in [-0.2, 0) is 0 Å². The summed E-state index contributed by atoms with van der Waals surface area (Å²) in [6, 6.07) is 2.44. The molecule has 0 aliphatic carbocycles. The minimum Gasteiger partial charge on any atom is -0.384 e. The summed E-state index contributed by atoms with van der Waals surface area (Å²) in [6.07, 6.45) is 2.44. The van der Waals surface area contributed by atoms with Crippen LogP contribution in [0.1, 0.15) is 43.5 Å². The highest BCUT2D eigenvalue weighted by Gasteiger charge is 2.28. The second-order valence-electron chi connectivity index (χ2n) is 5.75. The Morgan fingerprint density at radius 3 is 2.74 bits per heavy atom. The third-order valence-electron chi connectivity index (χ3n) is 4.24. The van der Waals surface area contributed by atoms with Gasteiger partial charge in [0.1, 0.15) is 11.7 Å². The van der Waals surface area contributed by atoms with Crippen LogP contribution in [0.2, 0.25) is 0 Å². The van der Waals surface area contributed by atoms with E-state index in [2.05, 4.69) is 23.7 Å². The third-order valence-corrected chi connectivity index (χ3v) is 4.24. The molecule has 2 unspecified atom stereocenters. The van der Waals surface area contributed by atoms with Gasteiger partial charge >= 0.3 is 0 Å². The molecule has 1 aliphatic rings. The summed E-state index contributed by atoms with van der Waals surface area (Å²) in [7, 11) is 0. The van der Waals surface area contributed by atoms with Crippen molar-refractivity contribution in [2.75, 3.05) is 11.4 Å². The number of aryl methyl sites for hydroxylation is 2. The standard InChI is InChI=1S/C15H24N4/c1-9-6-5-7-19(12(9)4)15-13(14(16)17)10(2)8-11(3)18-15/h8-9,12H,5-7H2,1-4H3,(H3,16,17). The highest BCUT2D eigenvalue weighted by atomic mass is 15.2. The first-order valence-electron chi connectivity index (χ1n) is 7.01. The second kappa shape index (κ2) is 5.19. The average Bonchev–Trinajstić information content (AvgIpc) is 2.31. The minimum absolute atomic E-state index is 0.116. The first kappa shape index (κ1) is 13.8. The fraction of sp³-hybridized carbons (Fsp3) is 0.600. The third kappa shape index (κ3) is 2.57. The molecule has 1 fully saturated rings. The second-order valence-corrected chi connectivity index (χ2v) is 5.75. The molecule has 0 bridgehead atoms. The summed E-state index contributed by atoms with van der Waals surface area (Å²) < 4.78 is 0. The van der Waals surface area contributed by atoms with Crippen LogP contribution in [0.5, 0.6) is 0 Å². The van der Waals surface area contributed by atoms with Gasteiger partial charge in [-0.15, -0.1) is 0 Å². The number of aromatic nitrogens is 1. The number of nitrogens with one attached hydrogen (secondary N) is 1. The number of piperidine rings is 1. The molecule has 104 valence electrons. The van der Waals surface area contributed by atoms with Gasteiger partial charge in [-0.2, -0.15) is 0 Å². The van der Waals surface area contributed by atoms with Gasteiger partial charge in [-0.3, -0.25) is 5.41 Å². The van der Waals surface area contributed by atoms with Crippen LogP contribution in [0, 0.1) is 25.2 Å². The van der Waals surface area contributed by atoms with Crippen molar-refractivity contribution >= 4 is 11.7 Å². The van der Waals surface area contributed by atoms with Crippen molar-refractivity contribution in [2.24, 2.45) is 11.7 Å². The predicted octanol–water partition coefficient (Wildman–Crippen LogP) is 2.61. The molecule has 2 atom stereocenters. The maximum Gasteiger partial charge on any atom is 0.140 e. The molecule has 1 aromatic rings. The van der Waals surface area contributed by atoms with E-state index in [1.165, 1.54) is 12.8 Å². The Balaban J connectivity index is 2.51. The first-order valence-corrected chi connectivity index (χ1v) is 7.01. The topological polar surface area (TPSA) is 66.0 Å². The van der Waals surface area contributed by atoms with Crippen LogP contribution >= 0.6 is 0 Å². The predicted molar refractivity (Wildman–Crippen MR) is 79.9 cm³/mol. The Morgan fingerprint density at radius 2 is 2.11 bits per heavy atom.